The van der Waals surface area contributed by atoms with E-state index in [9.17, 15) is 0 Å². The zero-order valence-corrected chi connectivity index (χ0v) is 11.0. The lowest BCUT2D eigenvalue weighted by molar-refractivity contribution is 0.785. The van der Waals surface area contributed by atoms with Gasteiger partial charge in [0.25, 0.3) is 0 Å². The summed E-state index contributed by atoms with van der Waals surface area (Å²) in [5.41, 5.74) is 3.97. The first-order valence-corrected chi connectivity index (χ1v) is 6.50. The Kier molecular flexibility index (Phi) is 3.15. The van der Waals surface area contributed by atoms with E-state index >= 15 is 0 Å². The van der Waals surface area contributed by atoms with Gasteiger partial charge in [0, 0.05) is 11.1 Å². The first-order chi connectivity index (χ1) is 9.33. The van der Waals surface area contributed by atoms with Gasteiger partial charge in [-0.2, -0.15) is 0 Å². The smallest absolute Gasteiger partial charge is 0.143 e. The highest BCUT2D eigenvalue weighted by Crippen LogP contribution is 2.18. The Labute approximate surface area is 113 Å². The minimum absolute atomic E-state index is 0.647. The van der Waals surface area contributed by atoms with E-state index in [1.54, 1.807) is 11.0 Å². The summed E-state index contributed by atoms with van der Waals surface area (Å²) >= 11 is 1.35. The minimum atomic E-state index is 0.647. The maximum absolute atomic E-state index is 3.99. The van der Waals surface area contributed by atoms with Gasteiger partial charge in [0.1, 0.15) is 6.33 Å². The molecule has 2 heterocycles. The van der Waals surface area contributed by atoms with Gasteiger partial charge in [0.15, 0.2) is 0 Å². The van der Waals surface area contributed by atoms with Crippen LogP contribution in [0.1, 0.15) is 11.3 Å². The van der Waals surface area contributed by atoms with Crippen LogP contribution in [-0.4, -0.2) is 29.8 Å². The number of aromatic nitrogens is 6. The summed E-state index contributed by atoms with van der Waals surface area (Å²) in [6.07, 6.45) is 1.58. The summed E-state index contributed by atoms with van der Waals surface area (Å²) in [5, 5.41) is 20.4. The van der Waals surface area contributed by atoms with Crippen molar-refractivity contribution in [1.29, 1.82) is 0 Å². The molecule has 1 N–H and O–H groups in total. The predicted molar refractivity (Wildman–Crippen MR) is 71.1 cm³/mol. The molecule has 0 bridgehead atoms. The fraction of sp³-hybridized carbons (Fsp3) is 0.182. The second kappa shape index (κ2) is 5.11. The number of nitrogens with one attached hydrogen (secondary N) is 1. The molecule has 3 aromatic rings. The van der Waals surface area contributed by atoms with Crippen LogP contribution >= 0.6 is 11.5 Å². The van der Waals surface area contributed by atoms with Crippen LogP contribution in [0.2, 0.25) is 0 Å². The fourth-order valence-electron chi connectivity index (χ4n) is 1.69. The Morgan fingerprint density at radius 3 is 3.05 bits per heavy atom. The summed E-state index contributed by atoms with van der Waals surface area (Å²) in [5.74, 6) is 0. The van der Waals surface area contributed by atoms with E-state index in [-0.39, 0.29) is 0 Å². The number of hydrogen-bond acceptors (Lipinski definition) is 7. The van der Waals surface area contributed by atoms with Crippen LogP contribution in [0.5, 0.6) is 0 Å². The number of hydrogen-bond donors (Lipinski definition) is 1. The molecule has 0 aliphatic rings. The fourth-order valence-corrected chi connectivity index (χ4v) is 2.14. The predicted octanol–water partition coefficient (Wildman–Crippen LogP) is 1.43. The van der Waals surface area contributed by atoms with Gasteiger partial charge in [-0.15, -0.1) is 10.2 Å². The number of rotatable bonds is 4. The topological polar surface area (TPSA) is 81.4 Å². The maximum Gasteiger partial charge on any atom is 0.143 e. The summed E-state index contributed by atoms with van der Waals surface area (Å²) in [6, 6.07) is 6.05. The Morgan fingerprint density at radius 2 is 2.32 bits per heavy atom. The van der Waals surface area contributed by atoms with Crippen LogP contribution in [0.4, 0.5) is 5.69 Å². The third-order valence-electron chi connectivity index (χ3n) is 2.68. The van der Waals surface area contributed by atoms with Gasteiger partial charge >= 0.3 is 0 Å². The molecule has 1 aromatic carbocycles. The van der Waals surface area contributed by atoms with Crippen LogP contribution in [0, 0.1) is 6.92 Å². The van der Waals surface area contributed by atoms with E-state index in [4.69, 9.17) is 0 Å². The van der Waals surface area contributed by atoms with Gasteiger partial charge in [-0.3, -0.25) is 0 Å². The van der Waals surface area contributed by atoms with E-state index < -0.39 is 0 Å². The summed E-state index contributed by atoms with van der Waals surface area (Å²) in [6.45, 7) is 2.67. The molecule has 0 fully saturated rings. The molecule has 0 radical (unpaired) electrons. The monoisotopic (exact) mass is 273 g/mol. The Bertz CT molecular complexity index is 648. The molecule has 2 aromatic heterocycles. The van der Waals surface area contributed by atoms with Gasteiger partial charge in [0.2, 0.25) is 0 Å². The molecule has 0 spiro atoms. The van der Waals surface area contributed by atoms with Crippen molar-refractivity contribution in [2.75, 3.05) is 5.32 Å². The lowest BCUT2D eigenvalue weighted by Crippen LogP contribution is -2.03. The van der Waals surface area contributed by atoms with Crippen LogP contribution < -0.4 is 5.32 Å². The number of benzene rings is 1. The molecule has 0 saturated carbocycles. The molecule has 3 rings (SSSR count). The largest absolute Gasteiger partial charge is 0.379 e. The SMILES string of the molecule is Cc1ccc(NCc2csnn2)cc1-n1cnnn1. The standard InChI is InChI=1S/C11H11N7S/c1-8-2-3-9(12-5-10-6-19-17-14-10)4-11(8)18-7-13-15-16-18/h2-4,6-7,12H,5H2,1H3. The van der Waals surface area contributed by atoms with E-state index in [1.807, 2.05) is 30.5 Å². The van der Waals surface area contributed by atoms with Crippen molar-refractivity contribution in [1.82, 2.24) is 29.8 Å². The van der Waals surface area contributed by atoms with Gasteiger partial charge in [-0.05, 0) is 46.6 Å². The van der Waals surface area contributed by atoms with Crippen molar-refractivity contribution in [3.63, 3.8) is 0 Å². The van der Waals surface area contributed by atoms with Gasteiger partial charge in [-0.1, -0.05) is 10.6 Å². The van der Waals surface area contributed by atoms with Gasteiger partial charge < -0.3 is 5.32 Å². The normalized spacial score (nSPS) is 10.6. The zero-order chi connectivity index (χ0) is 13.1. The number of aryl methyl sites for hydroxylation is 1. The second-order valence-corrected chi connectivity index (χ2v) is 4.62. The van der Waals surface area contributed by atoms with Crippen molar-refractivity contribution in [3.05, 3.63) is 41.2 Å². The summed E-state index contributed by atoms with van der Waals surface area (Å²) in [4.78, 5) is 0. The first kappa shape index (κ1) is 11.7. The van der Waals surface area contributed by atoms with Crippen molar-refractivity contribution in [2.45, 2.75) is 13.5 Å². The van der Waals surface area contributed by atoms with Crippen molar-refractivity contribution in [3.8, 4) is 5.69 Å². The number of nitrogens with zero attached hydrogens (tertiary/aromatic N) is 6. The molecular weight excluding hydrogens is 262 g/mol. The van der Waals surface area contributed by atoms with Crippen LogP contribution in [0.15, 0.2) is 29.9 Å². The van der Waals surface area contributed by atoms with Crippen molar-refractivity contribution < 1.29 is 0 Å². The van der Waals surface area contributed by atoms with Crippen LogP contribution in [-0.2, 0) is 6.54 Å². The molecule has 7 nitrogen and oxygen atoms in total. The molecule has 0 saturated heterocycles. The van der Waals surface area contributed by atoms with E-state index in [0.29, 0.717) is 6.54 Å². The minimum Gasteiger partial charge on any atom is -0.379 e. The van der Waals surface area contributed by atoms with Crippen LogP contribution in [0.25, 0.3) is 5.69 Å². The highest BCUT2D eigenvalue weighted by molar-refractivity contribution is 7.03. The van der Waals surface area contributed by atoms with Gasteiger partial charge in [0.05, 0.1) is 17.9 Å². The molecule has 0 aliphatic heterocycles. The van der Waals surface area contributed by atoms with Crippen molar-refractivity contribution in [2.24, 2.45) is 0 Å². The zero-order valence-electron chi connectivity index (χ0n) is 10.2. The molecular formula is C11H11N7S. The highest BCUT2D eigenvalue weighted by Gasteiger charge is 2.04. The molecule has 0 aliphatic carbocycles. The molecule has 19 heavy (non-hydrogen) atoms. The summed E-state index contributed by atoms with van der Waals surface area (Å²) in [7, 11) is 0. The molecule has 8 heteroatoms. The molecule has 0 unspecified atom stereocenters. The third-order valence-corrected chi connectivity index (χ3v) is 3.24. The lowest BCUT2D eigenvalue weighted by Gasteiger charge is -2.09. The van der Waals surface area contributed by atoms with E-state index in [2.05, 4.69) is 30.4 Å². The van der Waals surface area contributed by atoms with Crippen molar-refractivity contribution >= 4 is 17.2 Å². The van der Waals surface area contributed by atoms with Gasteiger partial charge in [-0.25, -0.2) is 4.68 Å². The number of tetrazole rings is 1. The van der Waals surface area contributed by atoms with E-state index in [1.165, 1.54) is 11.5 Å². The quantitative estimate of drug-likeness (QED) is 0.774. The summed E-state index contributed by atoms with van der Waals surface area (Å²) < 4.78 is 5.47. The average molecular weight is 273 g/mol. The highest BCUT2D eigenvalue weighted by atomic mass is 32.1. The number of anilines is 1. The lowest BCUT2D eigenvalue weighted by atomic mass is 10.2. The van der Waals surface area contributed by atoms with E-state index in [0.717, 1.165) is 22.6 Å². The first-order valence-electron chi connectivity index (χ1n) is 5.67. The molecule has 0 atom stereocenters. The Balaban J connectivity index is 1.81. The molecule has 96 valence electrons. The Hall–Kier alpha value is -2.35. The second-order valence-electron chi connectivity index (χ2n) is 4.01. The molecule has 0 amide bonds. The van der Waals surface area contributed by atoms with Crippen LogP contribution in [0.3, 0.4) is 0 Å². The third kappa shape index (κ3) is 2.58. The maximum atomic E-state index is 3.99. The Morgan fingerprint density at radius 1 is 1.37 bits per heavy atom. The average Bonchev–Trinajstić information content (AvgIpc) is 3.11.